The molecule has 1 saturated carbocycles. The molecule has 0 spiro atoms. The number of carbonyl (C=O) groups is 1. The summed E-state index contributed by atoms with van der Waals surface area (Å²) in [6.07, 6.45) is -0.524. The van der Waals surface area contributed by atoms with Gasteiger partial charge >= 0.3 is 0 Å². The number of nitrogens with one attached hydrogen (secondary N) is 1. The van der Waals surface area contributed by atoms with Crippen LogP contribution in [0.4, 0.5) is 8.78 Å². The first kappa shape index (κ1) is 11.4. The van der Waals surface area contributed by atoms with Gasteiger partial charge in [0.15, 0.2) is 0 Å². The summed E-state index contributed by atoms with van der Waals surface area (Å²) >= 11 is 0. The molecule has 0 aliphatic heterocycles. The minimum atomic E-state index is -2.59. The van der Waals surface area contributed by atoms with Crippen molar-refractivity contribution in [2.75, 3.05) is 6.61 Å². The Hall–Kier alpha value is -0.710. The predicted octanol–water partition coefficient (Wildman–Crippen LogP) is 1.33. The van der Waals surface area contributed by atoms with Crippen molar-refractivity contribution in [2.45, 2.75) is 44.8 Å². The van der Waals surface area contributed by atoms with Crippen molar-refractivity contribution in [3.63, 3.8) is 0 Å². The van der Waals surface area contributed by atoms with E-state index >= 15 is 0 Å². The maximum Gasteiger partial charge on any atom is 0.252 e. The molecule has 1 aliphatic carbocycles. The second kappa shape index (κ2) is 4.21. The zero-order chi connectivity index (χ0) is 10.8. The summed E-state index contributed by atoms with van der Waals surface area (Å²) in [5.41, 5.74) is 0. The average molecular weight is 207 g/mol. The Morgan fingerprint density at radius 3 is 2.57 bits per heavy atom. The van der Waals surface area contributed by atoms with Gasteiger partial charge in [-0.2, -0.15) is 0 Å². The molecule has 0 radical (unpaired) electrons. The summed E-state index contributed by atoms with van der Waals surface area (Å²) in [7, 11) is 0. The van der Waals surface area contributed by atoms with Gasteiger partial charge in [0.25, 0.3) is 5.92 Å². The van der Waals surface area contributed by atoms with Crippen molar-refractivity contribution in [3.05, 3.63) is 0 Å². The van der Waals surface area contributed by atoms with Crippen LogP contribution in [0.15, 0.2) is 0 Å². The smallest absolute Gasteiger partial charge is 0.252 e. The third-order valence-corrected chi connectivity index (χ3v) is 2.00. The normalized spacial score (nSPS) is 20.6. The second-order valence-corrected chi connectivity index (χ2v) is 3.89. The van der Waals surface area contributed by atoms with E-state index in [1.807, 2.05) is 13.8 Å². The number of ether oxygens (including phenoxy) is 1. The van der Waals surface area contributed by atoms with Gasteiger partial charge in [-0.1, -0.05) is 0 Å². The van der Waals surface area contributed by atoms with Crippen LogP contribution in [0.25, 0.3) is 0 Å². The molecule has 0 saturated heterocycles. The number of carbonyl (C=O) groups excluding carboxylic acids is 1. The highest BCUT2D eigenvalue weighted by molar-refractivity contribution is 5.77. The van der Waals surface area contributed by atoms with Gasteiger partial charge in [-0.15, -0.1) is 0 Å². The maximum atomic E-state index is 12.4. The fraction of sp³-hybridized carbons (Fsp3) is 0.889. The number of hydrogen-bond donors (Lipinski definition) is 1. The average Bonchev–Trinajstić information content (AvgIpc) is 1.97. The van der Waals surface area contributed by atoms with Crippen LogP contribution in [-0.2, 0) is 9.53 Å². The minimum Gasteiger partial charge on any atom is -0.369 e. The van der Waals surface area contributed by atoms with Gasteiger partial charge in [-0.3, -0.25) is 4.79 Å². The SMILES string of the molecule is CC(C)OCC(=O)NC1CC(F)(F)C1. The van der Waals surface area contributed by atoms with E-state index in [1.54, 1.807) is 0 Å². The van der Waals surface area contributed by atoms with Crippen LogP contribution >= 0.6 is 0 Å². The molecule has 5 heteroatoms. The fourth-order valence-corrected chi connectivity index (χ4v) is 1.27. The van der Waals surface area contributed by atoms with Gasteiger partial charge < -0.3 is 10.1 Å². The number of hydrogen-bond acceptors (Lipinski definition) is 2. The van der Waals surface area contributed by atoms with Gasteiger partial charge in [-0.05, 0) is 13.8 Å². The lowest BCUT2D eigenvalue weighted by Crippen LogP contribution is -2.51. The highest BCUT2D eigenvalue weighted by Gasteiger charge is 2.45. The first-order valence-corrected chi connectivity index (χ1v) is 4.68. The molecule has 0 heterocycles. The summed E-state index contributed by atoms with van der Waals surface area (Å²) in [6.45, 7) is 3.56. The molecule has 0 atom stereocenters. The van der Waals surface area contributed by atoms with Crippen molar-refractivity contribution in [1.29, 1.82) is 0 Å². The van der Waals surface area contributed by atoms with Crippen molar-refractivity contribution >= 4 is 5.91 Å². The number of amides is 1. The van der Waals surface area contributed by atoms with E-state index < -0.39 is 5.92 Å². The van der Waals surface area contributed by atoms with E-state index in [1.165, 1.54) is 0 Å². The van der Waals surface area contributed by atoms with Gasteiger partial charge in [0.1, 0.15) is 6.61 Å². The molecule has 1 N–H and O–H groups in total. The molecule has 0 aromatic carbocycles. The molecule has 1 amide bonds. The zero-order valence-corrected chi connectivity index (χ0v) is 8.35. The van der Waals surface area contributed by atoms with Crippen molar-refractivity contribution < 1.29 is 18.3 Å². The molecule has 82 valence electrons. The van der Waals surface area contributed by atoms with E-state index in [0.29, 0.717) is 0 Å². The van der Waals surface area contributed by atoms with Crippen LogP contribution in [0, 0.1) is 0 Å². The lowest BCUT2D eigenvalue weighted by molar-refractivity contribution is -0.134. The molecule has 3 nitrogen and oxygen atoms in total. The summed E-state index contributed by atoms with van der Waals surface area (Å²) in [5.74, 6) is -2.91. The third kappa shape index (κ3) is 3.57. The molecular weight excluding hydrogens is 192 g/mol. The Kier molecular flexibility index (Phi) is 3.42. The Bertz CT molecular complexity index is 211. The molecular formula is C9H15F2NO2. The van der Waals surface area contributed by atoms with Gasteiger partial charge in [0.05, 0.1) is 6.10 Å². The highest BCUT2D eigenvalue weighted by Crippen LogP contribution is 2.37. The topological polar surface area (TPSA) is 38.3 Å². The molecule has 1 rings (SSSR count). The molecule has 0 aromatic rings. The monoisotopic (exact) mass is 207 g/mol. The van der Waals surface area contributed by atoms with Crippen LogP contribution in [0.1, 0.15) is 26.7 Å². The number of alkyl halides is 2. The van der Waals surface area contributed by atoms with Crippen LogP contribution < -0.4 is 5.32 Å². The van der Waals surface area contributed by atoms with Crippen molar-refractivity contribution in [2.24, 2.45) is 0 Å². The maximum absolute atomic E-state index is 12.4. The standard InChI is InChI=1S/C9H15F2NO2/c1-6(2)14-5-8(13)12-7-3-9(10,11)4-7/h6-7H,3-5H2,1-2H3,(H,12,13). The Labute approximate surface area is 81.8 Å². The summed E-state index contributed by atoms with van der Waals surface area (Å²) in [5, 5.41) is 2.48. The summed E-state index contributed by atoms with van der Waals surface area (Å²) in [6, 6.07) is -0.381. The fourth-order valence-electron chi connectivity index (χ4n) is 1.27. The van der Waals surface area contributed by atoms with Crippen LogP contribution in [0.5, 0.6) is 0 Å². The quantitative estimate of drug-likeness (QED) is 0.755. The minimum absolute atomic E-state index is 0.0245. The summed E-state index contributed by atoms with van der Waals surface area (Å²) < 4.78 is 29.8. The molecule has 1 aliphatic rings. The number of halogens is 2. The lowest BCUT2D eigenvalue weighted by atomic mass is 9.88. The first-order chi connectivity index (χ1) is 6.39. The van der Waals surface area contributed by atoms with Gasteiger partial charge in [-0.25, -0.2) is 8.78 Å². The van der Waals surface area contributed by atoms with Crippen molar-refractivity contribution in [1.82, 2.24) is 5.32 Å². The van der Waals surface area contributed by atoms with E-state index in [9.17, 15) is 13.6 Å². The molecule has 0 aromatic heterocycles. The Morgan fingerprint density at radius 2 is 2.14 bits per heavy atom. The molecule has 14 heavy (non-hydrogen) atoms. The van der Waals surface area contributed by atoms with Crippen LogP contribution in [-0.4, -0.2) is 30.6 Å². The lowest BCUT2D eigenvalue weighted by Gasteiger charge is -2.35. The molecule has 1 fully saturated rings. The van der Waals surface area contributed by atoms with E-state index in [-0.39, 0.29) is 37.5 Å². The van der Waals surface area contributed by atoms with E-state index in [4.69, 9.17) is 4.74 Å². The second-order valence-electron chi connectivity index (χ2n) is 3.89. The summed E-state index contributed by atoms with van der Waals surface area (Å²) in [4.78, 5) is 11.1. The van der Waals surface area contributed by atoms with E-state index in [0.717, 1.165) is 0 Å². The number of rotatable bonds is 4. The molecule has 0 unspecified atom stereocenters. The van der Waals surface area contributed by atoms with Gasteiger partial charge in [0.2, 0.25) is 5.91 Å². The van der Waals surface area contributed by atoms with Crippen molar-refractivity contribution in [3.8, 4) is 0 Å². The van der Waals surface area contributed by atoms with Crippen LogP contribution in [0.3, 0.4) is 0 Å². The third-order valence-electron chi connectivity index (χ3n) is 2.00. The highest BCUT2D eigenvalue weighted by atomic mass is 19.3. The first-order valence-electron chi connectivity index (χ1n) is 4.68. The van der Waals surface area contributed by atoms with Crippen LogP contribution in [0.2, 0.25) is 0 Å². The Morgan fingerprint density at radius 1 is 1.57 bits per heavy atom. The zero-order valence-electron chi connectivity index (χ0n) is 8.35. The Balaban J connectivity index is 2.11. The van der Waals surface area contributed by atoms with E-state index in [2.05, 4.69) is 5.32 Å². The van der Waals surface area contributed by atoms with Gasteiger partial charge in [0, 0.05) is 18.9 Å². The molecule has 0 bridgehead atoms. The largest absolute Gasteiger partial charge is 0.369 e. The predicted molar refractivity (Wildman–Crippen MR) is 47.2 cm³/mol.